The summed E-state index contributed by atoms with van der Waals surface area (Å²) in [5, 5.41) is 8.13. The van der Waals surface area contributed by atoms with E-state index in [0.29, 0.717) is 49.8 Å². The molecule has 1 atom stereocenters. The van der Waals surface area contributed by atoms with Gasteiger partial charge in [0.05, 0.1) is 11.6 Å². The molecule has 2 amide bonds. The van der Waals surface area contributed by atoms with Gasteiger partial charge in [0.15, 0.2) is 0 Å². The summed E-state index contributed by atoms with van der Waals surface area (Å²) in [5.41, 5.74) is 0.140. The summed E-state index contributed by atoms with van der Waals surface area (Å²) < 4.78 is 6.71. The van der Waals surface area contributed by atoms with Gasteiger partial charge in [-0.1, -0.05) is 6.08 Å². The normalized spacial score (nSPS) is 15.3. The van der Waals surface area contributed by atoms with Gasteiger partial charge >= 0.3 is 6.09 Å². The first kappa shape index (κ1) is 24.3. The van der Waals surface area contributed by atoms with Crippen molar-refractivity contribution in [1.29, 1.82) is 0 Å². The summed E-state index contributed by atoms with van der Waals surface area (Å²) in [7, 11) is 1.55. The number of carbonyl (C=O) groups excluding carboxylic acids is 2. The van der Waals surface area contributed by atoms with E-state index in [2.05, 4.69) is 21.9 Å². The second-order valence-corrected chi connectivity index (χ2v) is 9.12. The predicted octanol–water partition coefficient (Wildman–Crippen LogP) is 2.71. The van der Waals surface area contributed by atoms with Crippen LogP contribution in [-0.2, 0) is 9.53 Å². The van der Waals surface area contributed by atoms with Gasteiger partial charge in [0.2, 0.25) is 5.91 Å². The zero-order chi connectivity index (χ0) is 24.2. The molecule has 1 aromatic carbocycles. The molecule has 1 N–H and O–H groups in total. The lowest BCUT2D eigenvalue weighted by Crippen LogP contribution is -2.50. The van der Waals surface area contributed by atoms with Crippen molar-refractivity contribution in [3.8, 4) is 0 Å². The molecule has 178 valence electrons. The Morgan fingerprint density at radius 2 is 1.94 bits per heavy atom. The molecular weight excluding hydrogens is 422 g/mol. The van der Waals surface area contributed by atoms with E-state index in [-0.39, 0.29) is 17.6 Å². The van der Waals surface area contributed by atoms with Crippen LogP contribution in [0, 0.1) is 0 Å². The Balaban J connectivity index is 1.78. The van der Waals surface area contributed by atoms with Crippen molar-refractivity contribution in [3.63, 3.8) is 0 Å². The van der Waals surface area contributed by atoms with Crippen LogP contribution in [0.25, 0.3) is 10.8 Å². The van der Waals surface area contributed by atoms with Crippen LogP contribution >= 0.6 is 0 Å². The summed E-state index contributed by atoms with van der Waals surface area (Å²) >= 11 is 0. The molecule has 9 nitrogen and oxygen atoms in total. The summed E-state index contributed by atoms with van der Waals surface area (Å²) in [6.07, 6.45) is 4.09. The van der Waals surface area contributed by atoms with Crippen LogP contribution in [0.5, 0.6) is 0 Å². The fourth-order valence-corrected chi connectivity index (χ4v) is 3.85. The number of hydrogen-bond donors (Lipinski definition) is 1. The molecule has 1 aromatic heterocycles. The van der Waals surface area contributed by atoms with Crippen molar-refractivity contribution in [1.82, 2.24) is 20.0 Å². The molecule has 2 heterocycles. The predicted molar refractivity (Wildman–Crippen MR) is 129 cm³/mol. The van der Waals surface area contributed by atoms with Crippen molar-refractivity contribution in [2.24, 2.45) is 0 Å². The summed E-state index contributed by atoms with van der Waals surface area (Å²) in [4.78, 5) is 41.6. The molecule has 0 spiro atoms. The van der Waals surface area contributed by atoms with Gasteiger partial charge in [-0.2, -0.15) is 5.10 Å². The van der Waals surface area contributed by atoms with Crippen LogP contribution in [0.4, 0.5) is 10.5 Å². The smallest absolute Gasteiger partial charge is 0.410 e. The van der Waals surface area contributed by atoms with E-state index < -0.39 is 11.6 Å². The fraction of sp³-hybridized carbons (Fsp3) is 0.500. The minimum atomic E-state index is -0.689. The van der Waals surface area contributed by atoms with E-state index in [1.54, 1.807) is 30.3 Å². The van der Waals surface area contributed by atoms with Gasteiger partial charge in [-0.05, 0) is 51.8 Å². The third kappa shape index (κ3) is 5.71. The van der Waals surface area contributed by atoms with E-state index in [0.717, 1.165) is 5.69 Å². The molecule has 1 aliphatic rings. The number of allylic oxidation sites excluding steroid dienone is 1. The number of carbonyl (C=O) groups is 2. The Labute approximate surface area is 194 Å². The topological polar surface area (TPSA) is 96.8 Å². The van der Waals surface area contributed by atoms with Crippen molar-refractivity contribution in [3.05, 3.63) is 47.4 Å². The standard InChI is InChI=1S/C24H33N5O4/c1-6-7-8-20(21(30)25-5)29-22(31)19-10-9-18(15-17(19)16-26-29)27-11-13-28(14-12-27)23(32)33-24(2,3)4/h6,9-10,15-16,20H,1,7-8,11-14H2,2-5H3,(H,25,30). The second-order valence-electron chi connectivity index (χ2n) is 9.12. The van der Waals surface area contributed by atoms with E-state index in [1.807, 2.05) is 32.9 Å². The fourth-order valence-electron chi connectivity index (χ4n) is 3.85. The molecule has 0 saturated carbocycles. The highest BCUT2D eigenvalue weighted by Crippen LogP contribution is 2.23. The summed E-state index contributed by atoms with van der Waals surface area (Å²) in [6.45, 7) is 11.7. The molecule has 1 aliphatic heterocycles. The lowest BCUT2D eigenvalue weighted by Gasteiger charge is -2.36. The molecule has 0 radical (unpaired) electrons. The number of ether oxygens (including phenoxy) is 1. The number of piperazine rings is 1. The zero-order valence-corrected chi connectivity index (χ0v) is 19.8. The molecule has 0 aliphatic carbocycles. The van der Waals surface area contributed by atoms with Crippen molar-refractivity contribution < 1.29 is 14.3 Å². The van der Waals surface area contributed by atoms with Crippen LogP contribution in [0.2, 0.25) is 0 Å². The number of fused-ring (bicyclic) bond motifs is 1. The largest absolute Gasteiger partial charge is 0.444 e. The number of rotatable bonds is 6. The number of hydrogen-bond acceptors (Lipinski definition) is 6. The Hall–Kier alpha value is -3.36. The Morgan fingerprint density at radius 1 is 1.24 bits per heavy atom. The number of benzene rings is 1. The number of nitrogens with one attached hydrogen (secondary N) is 1. The Bertz CT molecular complexity index is 1080. The number of likely N-dealkylation sites (N-methyl/N-ethyl adjacent to an activating group) is 1. The first-order valence-electron chi connectivity index (χ1n) is 11.2. The summed E-state index contributed by atoms with van der Waals surface area (Å²) in [6, 6.07) is 4.91. The van der Waals surface area contributed by atoms with Gasteiger partial charge in [0.1, 0.15) is 11.6 Å². The maximum atomic E-state index is 13.1. The molecule has 1 saturated heterocycles. The molecule has 0 bridgehead atoms. The Morgan fingerprint density at radius 3 is 2.55 bits per heavy atom. The number of aromatic nitrogens is 2. The quantitative estimate of drug-likeness (QED) is 0.673. The van der Waals surface area contributed by atoms with Gasteiger partial charge in [0, 0.05) is 44.3 Å². The average Bonchev–Trinajstić information content (AvgIpc) is 2.79. The minimum absolute atomic E-state index is 0.259. The van der Waals surface area contributed by atoms with Crippen LogP contribution < -0.4 is 15.8 Å². The first-order chi connectivity index (χ1) is 15.6. The zero-order valence-electron chi connectivity index (χ0n) is 19.8. The van der Waals surface area contributed by atoms with Crippen LogP contribution in [0.3, 0.4) is 0 Å². The van der Waals surface area contributed by atoms with E-state index in [9.17, 15) is 14.4 Å². The first-order valence-corrected chi connectivity index (χ1v) is 11.2. The monoisotopic (exact) mass is 455 g/mol. The highest BCUT2D eigenvalue weighted by Gasteiger charge is 2.26. The number of amides is 2. The van der Waals surface area contributed by atoms with Gasteiger partial charge < -0.3 is 19.9 Å². The van der Waals surface area contributed by atoms with Crippen molar-refractivity contribution in [2.75, 3.05) is 38.1 Å². The van der Waals surface area contributed by atoms with Gasteiger partial charge in [-0.15, -0.1) is 6.58 Å². The van der Waals surface area contributed by atoms with Gasteiger partial charge in [-0.25, -0.2) is 9.48 Å². The van der Waals surface area contributed by atoms with Crippen LogP contribution in [0.1, 0.15) is 39.7 Å². The van der Waals surface area contributed by atoms with E-state index in [1.165, 1.54) is 4.68 Å². The molecule has 33 heavy (non-hydrogen) atoms. The highest BCUT2D eigenvalue weighted by atomic mass is 16.6. The van der Waals surface area contributed by atoms with E-state index >= 15 is 0 Å². The third-order valence-electron chi connectivity index (χ3n) is 5.58. The third-order valence-corrected chi connectivity index (χ3v) is 5.58. The van der Waals surface area contributed by atoms with Crippen LogP contribution in [-0.4, -0.2) is 65.5 Å². The van der Waals surface area contributed by atoms with Crippen molar-refractivity contribution >= 4 is 28.5 Å². The van der Waals surface area contributed by atoms with E-state index in [4.69, 9.17) is 4.74 Å². The Kier molecular flexibility index (Phi) is 7.40. The second kappa shape index (κ2) is 10.1. The number of anilines is 1. The van der Waals surface area contributed by atoms with Crippen molar-refractivity contribution in [2.45, 2.75) is 45.3 Å². The molecule has 2 aromatic rings. The lowest BCUT2D eigenvalue weighted by molar-refractivity contribution is -0.124. The maximum absolute atomic E-state index is 13.1. The SMILES string of the molecule is C=CCCC(C(=O)NC)n1ncc2cc(N3CCN(C(=O)OC(C)(C)C)CC3)ccc2c1=O. The van der Waals surface area contributed by atoms with Crippen LogP contribution in [0.15, 0.2) is 41.8 Å². The average molecular weight is 456 g/mol. The molecule has 9 heteroatoms. The lowest BCUT2D eigenvalue weighted by atomic mass is 10.1. The highest BCUT2D eigenvalue weighted by molar-refractivity contribution is 5.85. The maximum Gasteiger partial charge on any atom is 0.410 e. The molecular formula is C24H33N5O4. The molecule has 3 rings (SSSR count). The summed E-state index contributed by atoms with van der Waals surface area (Å²) in [5.74, 6) is -0.259. The molecule has 1 fully saturated rings. The molecule has 1 unspecified atom stereocenters. The minimum Gasteiger partial charge on any atom is -0.444 e. The van der Waals surface area contributed by atoms with Gasteiger partial charge in [0.25, 0.3) is 5.56 Å². The van der Waals surface area contributed by atoms with Gasteiger partial charge in [-0.3, -0.25) is 9.59 Å². The number of nitrogens with zero attached hydrogens (tertiary/aromatic N) is 4.